The normalized spacial score (nSPS) is 11.6. The van der Waals surface area contributed by atoms with Gasteiger partial charge in [-0.25, -0.2) is 4.98 Å². The van der Waals surface area contributed by atoms with E-state index in [0.717, 1.165) is 16.9 Å². The van der Waals surface area contributed by atoms with Crippen LogP contribution in [0.3, 0.4) is 0 Å². The number of carboxylic acids is 1. The minimum absolute atomic E-state index is 0.0140. The van der Waals surface area contributed by atoms with Gasteiger partial charge in [0.2, 0.25) is 0 Å². The van der Waals surface area contributed by atoms with Gasteiger partial charge >= 0.3 is 5.97 Å². The third-order valence-corrected chi connectivity index (χ3v) is 4.01. The fraction of sp³-hybridized carbons (Fsp3) is 0.400. The molecule has 5 nitrogen and oxygen atoms in total. The maximum absolute atomic E-state index is 10.8. The predicted molar refractivity (Wildman–Crippen MR) is 83.2 cm³/mol. The van der Waals surface area contributed by atoms with E-state index in [0.29, 0.717) is 5.16 Å². The van der Waals surface area contributed by atoms with E-state index < -0.39 is 5.97 Å². The monoisotopic (exact) mass is 305 g/mol. The SMILES string of the molecule is Cc1ccncc1-n1c(C(C)(C)C)cnc1SCC(=O)O. The molecule has 0 unspecified atom stereocenters. The lowest BCUT2D eigenvalue weighted by molar-refractivity contribution is -0.133. The van der Waals surface area contributed by atoms with Crippen LogP contribution in [0.1, 0.15) is 32.0 Å². The molecule has 0 aromatic carbocycles. The Morgan fingerprint density at radius 3 is 2.67 bits per heavy atom. The molecular weight excluding hydrogens is 286 g/mol. The average Bonchev–Trinajstić information content (AvgIpc) is 2.80. The molecule has 21 heavy (non-hydrogen) atoms. The fourth-order valence-electron chi connectivity index (χ4n) is 2.01. The number of rotatable bonds is 4. The standard InChI is InChI=1S/C15H19N3O2S/c1-10-5-6-16-7-11(10)18-12(15(2,3)4)8-17-14(18)21-9-13(19)20/h5-8H,9H2,1-4H3,(H,19,20). The number of thioether (sulfide) groups is 1. The van der Waals surface area contributed by atoms with Crippen LogP contribution in [0.25, 0.3) is 5.69 Å². The Morgan fingerprint density at radius 1 is 1.38 bits per heavy atom. The van der Waals surface area contributed by atoms with Gasteiger partial charge in [0.1, 0.15) is 0 Å². The molecule has 6 heteroatoms. The molecule has 2 aromatic heterocycles. The molecule has 2 aromatic rings. The van der Waals surface area contributed by atoms with E-state index in [4.69, 9.17) is 5.11 Å². The summed E-state index contributed by atoms with van der Waals surface area (Å²) in [7, 11) is 0. The van der Waals surface area contributed by atoms with Crippen molar-refractivity contribution in [2.24, 2.45) is 0 Å². The first kappa shape index (κ1) is 15.6. The van der Waals surface area contributed by atoms with Crippen LogP contribution < -0.4 is 0 Å². The summed E-state index contributed by atoms with van der Waals surface area (Å²) in [6.45, 7) is 8.34. The second-order valence-corrected chi connectivity index (χ2v) is 6.80. The smallest absolute Gasteiger partial charge is 0.313 e. The van der Waals surface area contributed by atoms with Gasteiger partial charge in [0.05, 0.1) is 23.8 Å². The molecule has 0 saturated heterocycles. The fourth-order valence-corrected chi connectivity index (χ4v) is 2.72. The van der Waals surface area contributed by atoms with Gasteiger partial charge in [0.25, 0.3) is 0 Å². The minimum Gasteiger partial charge on any atom is -0.481 e. The quantitative estimate of drug-likeness (QED) is 0.879. The highest BCUT2D eigenvalue weighted by Crippen LogP contribution is 2.31. The van der Waals surface area contributed by atoms with Crippen LogP contribution >= 0.6 is 11.8 Å². The number of hydrogen-bond donors (Lipinski definition) is 1. The number of pyridine rings is 1. The van der Waals surface area contributed by atoms with Gasteiger partial charge in [0, 0.05) is 17.3 Å². The van der Waals surface area contributed by atoms with Crippen LogP contribution in [0, 0.1) is 6.92 Å². The van der Waals surface area contributed by atoms with E-state index in [1.54, 1.807) is 12.4 Å². The number of nitrogens with zero attached hydrogens (tertiary/aromatic N) is 3. The van der Waals surface area contributed by atoms with Crippen molar-refractivity contribution < 1.29 is 9.90 Å². The molecule has 0 aliphatic carbocycles. The second-order valence-electron chi connectivity index (χ2n) is 5.86. The number of aliphatic carboxylic acids is 1. The van der Waals surface area contributed by atoms with Crippen LogP contribution in [0.4, 0.5) is 0 Å². The van der Waals surface area contributed by atoms with Crippen molar-refractivity contribution in [3.05, 3.63) is 35.9 Å². The third kappa shape index (κ3) is 3.44. The summed E-state index contributed by atoms with van der Waals surface area (Å²) >= 11 is 1.22. The molecule has 2 rings (SSSR count). The van der Waals surface area contributed by atoms with E-state index >= 15 is 0 Å². The predicted octanol–water partition coefficient (Wildman–Crippen LogP) is 3.05. The van der Waals surface area contributed by atoms with Crippen molar-refractivity contribution in [3.8, 4) is 5.69 Å². The molecule has 0 aliphatic heterocycles. The van der Waals surface area contributed by atoms with E-state index in [2.05, 4.69) is 30.7 Å². The maximum Gasteiger partial charge on any atom is 0.313 e. The summed E-state index contributed by atoms with van der Waals surface area (Å²) in [6, 6.07) is 1.94. The van der Waals surface area contributed by atoms with Gasteiger partial charge < -0.3 is 5.11 Å². The summed E-state index contributed by atoms with van der Waals surface area (Å²) in [5.41, 5.74) is 2.95. The number of carboxylic acid groups (broad SMARTS) is 1. The molecular formula is C15H19N3O2S. The first-order chi connectivity index (χ1) is 9.80. The van der Waals surface area contributed by atoms with Crippen LogP contribution in [-0.2, 0) is 10.2 Å². The Labute approximate surface area is 128 Å². The summed E-state index contributed by atoms with van der Waals surface area (Å²) < 4.78 is 2.01. The largest absolute Gasteiger partial charge is 0.481 e. The van der Waals surface area contributed by atoms with Gasteiger partial charge in [-0.15, -0.1) is 0 Å². The lowest BCUT2D eigenvalue weighted by Crippen LogP contribution is -2.18. The molecule has 0 aliphatic rings. The maximum atomic E-state index is 10.8. The first-order valence-electron chi connectivity index (χ1n) is 6.64. The van der Waals surface area contributed by atoms with Gasteiger partial charge in [-0.1, -0.05) is 32.5 Å². The molecule has 0 saturated carbocycles. The Morgan fingerprint density at radius 2 is 2.10 bits per heavy atom. The highest BCUT2D eigenvalue weighted by atomic mass is 32.2. The van der Waals surface area contributed by atoms with E-state index in [1.165, 1.54) is 11.8 Å². The molecule has 1 N–H and O–H groups in total. The molecule has 0 atom stereocenters. The van der Waals surface area contributed by atoms with Crippen LogP contribution in [0.15, 0.2) is 29.8 Å². The lowest BCUT2D eigenvalue weighted by Gasteiger charge is -2.22. The summed E-state index contributed by atoms with van der Waals surface area (Å²) in [4.78, 5) is 19.4. The van der Waals surface area contributed by atoms with E-state index in [9.17, 15) is 4.79 Å². The Hall–Kier alpha value is -1.82. The van der Waals surface area contributed by atoms with Crippen LogP contribution in [0.5, 0.6) is 0 Å². The highest BCUT2D eigenvalue weighted by molar-refractivity contribution is 7.99. The van der Waals surface area contributed by atoms with Crippen molar-refractivity contribution in [2.75, 3.05) is 5.75 Å². The first-order valence-corrected chi connectivity index (χ1v) is 7.63. The molecule has 112 valence electrons. The van der Waals surface area contributed by atoms with Crippen molar-refractivity contribution in [1.82, 2.24) is 14.5 Å². The zero-order valence-electron chi connectivity index (χ0n) is 12.6. The number of aromatic nitrogens is 3. The summed E-state index contributed by atoms with van der Waals surface area (Å²) in [5.74, 6) is -0.866. The van der Waals surface area contributed by atoms with Crippen molar-refractivity contribution >= 4 is 17.7 Å². The molecule has 0 fully saturated rings. The van der Waals surface area contributed by atoms with Crippen molar-refractivity contribution in [3.63, 3.8) is 0 Å². The average molecular weight is 305 g/mol. The third-order valence-electron chi connectivity index (χ3n) is 3.07. The zero-order valence-corrected chi connectivity index (χ0v) is 13.4. The van der Waals surface area contributed by atoms with Gasteiger partial charge in [0.15, 0.2) is 5.16 Å². The highest BCUT2D eigenvalue weighted by Gasteiger charge is 2.24. The number of imidazole rings is 1. The number of carbonyl (C=O) groups is 1. The molecule has 0 radical (unpaired) electrons. The minimum atomic E-state index is -0.852. The Balaban J connectivity index is 2.56. The topological polar surface area (TPSA) is 68.0 Å². The molecule has 0 amide bonds. The van der Waals surface area contributed by atoms with E-state index in [-0.39, 0.29) is 11.2 Å². The second kappa shape index (κ2) is 5.89. The van der Waals surface area contributed by atoms with Gasteiger partial charge in [-0.2, -0.15) is 0 Å². The lowest BCUT2D eigenvalue weighted by atomic mass is 9.92. The number of aryl methyl sites for hydroxylation is 1. The Bertz CT molecular complexity index is 659. The zero-order chi connectivity index (χ0) is 15.6. The van der Waals surface area contributed by atoms with Gasteiger partial charge in [-0.05, 0) is 18.6 Å². The van der Waals surface area contributed by atoms with E-state index in [1.807, 2.05) is 23.8 Å². The van der Waals surface area contributed by atoms with Gasteiger partial charge in [-0.3, -0.25) is 14.3 Å². The number of hydrogen-bond acceptors (Lipinski definition) is 4. The molecule has 0 bridgehead atoms. The molecule has 0 spiro atoms. The molecule has 2 heterocycles. The van der Waals surface area contributed by atoms with Crippen LogP contribution in [-0.4, -0.2) is 31.4 Å². The summed E-state index contributed by atoms with van der Waals surface area (Å²) in [5, 5.41) is 9.57. The van der Waals surface area contributed by atoms with Crippen LogP contribution in [0.2, 0.25) is 0 Å². The van der Waals surface area contributed by atoms with Crippen molar-refractivity contribution in [2.45, 2.75) is 38.3 Å². The Kier molecular flexibility index (Phi) is 4.37. The van der Waals surface area contributed by atoms with Crippen molar-refractivity contribution in [1.29, 1.82) is 0 Å². The summed E-state index contributed by atoms with van der Waals surface area (Å²) in [6.07, 6.45) is 5.35.